The first-order valence-electron chi connectivity index (χ1n) is 5.68. The quantitative estimate of drug-likeness (QED) is 0.228. The van der Waals surface area contributed by atoms with Crippen molar-refractivity contribution >= 4 is 12.2 Å². The Bertz CT molecular complexity index is 454. The monoisotopic (exact) mass is 368 g/mol. The second-order valence-electron chi connectivity index (χ2n) is 3.09. The summed E-state index contributed by atoms with van der Waals surface area (Å²) < 4.78 is 14.6. The molecule has 0 N–H and O–H groups in total. The van der Waals surface area contributed by atoms with Crippen LogP contribution in [0.4, 0.5) is 0 Å². The molecular formula is C16H18K2O5-2. The van der Waals surface area contributed by atoms with E-state index in [2.05, 4.69) is 24.3 Å². The molecule has 1 rings (SSSR count). The van der Waals surface area contributed by atoms with Gasteiger partial charge in [-0.05, 0) is 6.29 Å². The number of methoxy groups -OCH3 is 3. The minimum atomic E-state index is 0. The van der Waals surface area contributed by atoms with Gasteiger partial charge in [0.25, 0.3) is 0 Å². The number of ether oxygens (including phenoxy) is 3. The third-order valence-corrected chi connectivity index (χ3v) is 1.89. The van der Waals surface area contributed by atoms with Crippen molar-refractivity contribution in [2.75, 3.05) is 27.9 Å². The van der Waals surface area contributed by atoms with Crippen molar-refractivity contribution in [1.29, 1.82) is 0 Å². The van der Waals surface area contributed by atoms with Crippen LogP contribution in [-0.4, -0.2) is 40.2 Å². The van der Waals surface area contributed by atoms with Gasteiger partial charge in [0.1, 0.15) is 5.75 Å². The standard InChI is InChI=1S/C11H10O3.C3H7O.C2HO.2K/c1-13-10-6-5-9(4-3-7-12)8-11(10)14-2;1-3-4-2;1-2-3;;/h3,5-6,8H,1-2H3;1,3H2,2H3;1H;;/q-2;2*-1;2*+1. The van der Waals surface area contributed by atoms with Gasteiger partial charge in [-0.1, -0.05) is 12.5 Å². The molecule has 5 nitrogen and oxygen atoms in total. The number of rotatable bonds is 5. The van der Waals surface area contributed by atoms with E-state index < -0.39 is 0 Å². The Kier molecular flexibility index (Phi) is 34.6. The summed E-state index contributed by atoms with van der Waals surface area (Å²) in [5.74, 6) is 2.25. The van der Waals surface area contributed by atoms with Crippen molar-refractivity contribution in [3.8, 4) is 11.5 Å². The van der Waals surface area contributed by atoms with E-state index in [-0.39, 0.29) is 103 Å². The van der Waals surface area contributed by atoms with Gasteiger partial charge in [-0.15, -0.1) is 6.07 Å². The number of allylic oxidation sites excluding steroid dienone is 1. The zero-order chi connectivity index (χ0) is 16.5. The summed E-state index contributed by atoms with van der Waals surface area (Å²) in [6, 6.07) is 5.25. The topological polar surface area (TPSA) is 61.8 Å². The smallest absolute Gasteiger partial charge is 0.512 e. The van der Waals surface area contributed by atoms with Gasteiger partial charge in [0.05, 0.1) is 20.0 Å². The molecule has 0 spiro atoms. The molecular weight excluding hydrogens is 350 g/mol. The molecule has 0 atom stereocenters. The van der Waals surface area contributed by atoms with Crippen molar-refractivity contribution in [3.05, 3.63) is 49.4 Å². The Morgan fingerprint density at radius 1 is 1.22 bits per heavy atom. The Labute approximate surface area is 223 Å². The van der Waals surface area contributed by atoms with Crippen LogP contribution in [0.3, 0.4) is 0 Å². The van der Waals surface area contributed by atoms with E-state index in [0.29, 0.717) is 18.1 Å². The maximum Gasteiger partial charge on any atom is 1.00 e. The van der Waals surface area contributed by atoms with Crippen molar-refractivity contribution in [3.63, 3.8) is 0 Å². The van der Waals surface area contributed by atoms with E-state index in [0.717, 1.165) is 11.5 Å². The summed E-state index contributed by atoms with van der Waals surface area (Å²) in [6.45, 7) is 7.99. The second kappa shape index (κ2) is 25.2. The fourth-order valence-corrected chi connectivity index (χ4v) is 1.04. The SMILES string of the molecule is COc1ccc([C-]=C[C-]=O)cc1OC.[CH-]=C=O.[CH2-]COC.[K+].[K+]. The normalized spacial score (nSPS) is 7.83. The average molecular weight is 369 g/mol. The van der Waals surface area contributed by atoms with Gasteiger partial charge in [0.2, 0.25) is 0 Å². The van der Waals surface area contributed by atoms with E-state index in [1.807, 2.05) is 0 Å². The Hall–Kier alpha value is 0.913. The van der Waals surface area contributed by atoms with Crippen molar-refractivity contribution < 1.29 is 127 Å². The second-order valence-corrected chi connectivity index (χ2v) is 3.09. The summed E-state index contributed by atoms with van der Waals surface area (Å²) in [5.41, 5.74) is 0.742. The molecule has 0 aliphatic heterocycles. The molecule has 0 fully saturated rings. The van der Waals surface area contributed by atoms with Gasteiger partial charge in [-0.3, -0.25) is 16.4 Å². The molecule has 0 saturated carbocycles. The molecule has 23 heavy (non-hydrogen) atoms. The van der Waals surface area contributed by atoms with Crippen LogP contribution in [0.5, 0.6) is 11.5 Å². The van der Waals surface area contributed by atoms with Crippen molar-refractivity contribution in [1.82, 2.24) is 0 Å². The molecule has 7 heteroatoms. The van der Waals surface area contributed by atoms with Crippen LogP contribution in [0.1, 0.15) is 5.56 Å². The Balaban J connectivity index is -0.000000172. The number of benzene rings is 1. The van der Waals surface area contributed by atoms with Gasteiger partial charge in [0.15, 0.2) is 0 Å². The third kappa shape index (κ3) is 19.1. The predicted octanol–water partition coefficient (Wildman–Crippen LogP) is -4.20. The maximum absolute atomic E-state index is 9.96. The van der Waals surface area contributed by atoms with E-state index in [9.17, 15) is 4.79 Å². The summed E-state index contributed by atoms with van der Waals surface area (Å²) in [6.07, 6.45) is 5.54. The summed E-state index contributed by atoms with van der Waals surface area (Å²) in [7, 11) is 4.74. The predicted molar refractivity (Wildman–Crippen MR) is 79.4 cm³/mol. The van der Waals surface area contributed by atoms with E-state index in [1.165, 1.54) is 6.08 Å². The summed E-state index contributed by atoms with van der Waals surface area (Å²) in [4.78, 5) is 18.4. The van der Waals surface area contributed by atoms with Gasteiger partial charge < -0.3 is 32.5 Å². The zero-order valence-electron chi connectivity index (χ0n) is 14.3. The van der Waals surface area contributed by atoms with E-state index >= 15 is 0 Å². The van der Waals surface area contributed by atoms with Gasteiger partial charge in [0, 0.05) is 7.11 Å². The largest absolute Gasteiger partial charge is 1.00 e. The Morgan fingerprint density at radius 2 is 1.70 bits per heavy atom. The first-order valence-corrected chi connectivity index (χ1v) is 5.68. The van der Waals surface area contributed by atoms with Crippen LogP contribution in [0.25, 0.3) is 0 Å². The minimum absolute atomic E-state index is 0. The van der Waals surface area contributed by atoms with Gasteiger partial charge in [-0.25, -0.2) is 12.1 Å². The summed E-state index contributed by atoms with van der Waals surface area (Å²) >= 11 is 0. The maximum atomic E-state index is 9.96. The molecule has 1 aromatic rings. The molecule has 0 heterocycles. The molecule has 0 radical (unpaired) electrons. The molecule has 0 aromatic heterocycles. The van der Waals surface area contributed by atoms with Gasteiger partial charge in [-0.2, -0.15) is 6.07 Å². The molecule has 1 aromatic carbocycles. The van der Waals surface area contributed by atoms with E-state index in [1.54, 1.807) is 45.8 Å². The first-order chi connectivity index (χ1) is 10.1. The zero-order valence-corrected chi connectivity index (χ0v) is 20.6. The molecule has 0 amide bonds. The van der Waals surface area contributed by atoms with Crippen LogP contribution in [-0.2, 0) is 14.3 Å². The fourth-order valence-electron chi connectivity index (χ4n) is 1.04. The van der Waals surface area contributed by atoms with Gasteiger partial charge >= 0.3 is 103 Å². The van der Waals surface area contributed by atoms with Crippen LogP contribution < -0.4 is 112 Å². The third-order valence-electron chi connectivity index (χ3n) is 1.89. The molecule has 0 aliphatic carbocycles. The van der Waals surface area contributed by atoms with Crippen LogP contribution in [0.15, 0.2) is 24.3 Å². The number of carbonyl (C=O) groups excluding carboxylic acids is 2. The molecule has 0 saturated heterocycles. The number of hydrogen-bond donors (Lipinski definition) is 0. The number of hydrogen-bond acceptors (Lipinski definition) is 5. The van der Waals surface area contributed by atoms with Crippen LogP contribution in [0.2, 0.25) is 0 Å². The van der Waals surface area contributed by atoms with Crippen molar-refractivity contribution in [2.45, 2.75) is 0 Å². The first kappa shape index (κ1) is 31.7. The van der Waals surface area contributed by atoms with Crippen LogP contribution in [0, 0.1) is 19.6 Å². The molecule has 0 aliphatic rings. The van der Waals surface area contributed by atoms with E-state index in [4.69, 9.17) is 14.3 Å². The van der Waals surface area contributed by atoms with Crippen LogP contribution >= 0.6 is 0 Å². The average Bonchev–Trinajstić information content (AvgIpc) is 2.53. The molecule has 116 valence electrons. The summed E-state index contributed by atoms with van der Waals surface area (Å²) in [5, 5.41) is 0. The fraction of sp³-hybridized carbons (Fsp3) is 0.250. The Morgan fingerprint density at radius 3 is 2.04 bits per heavy atom. The molecule has 0 unspecified atom stereocenters. The van der Waals surface area contributed by atoms with Crippen molar-refractivity contribution in [2.24, 2.45) is 0 Å². The molecule has 0 bridgehead atoms. The minimum Gasteiger partial charge on any atom is -0.512 e.